The Morgan fingerprint density at radius 2 is 1.67 bits per heavy atom. The summed E-state index contributed by atoms with van der Waals surface area (Å²) in [5.74, 6) is 0.261. The van der Waals surface area contributed by atoms with Crippen LogP contribution in [-0.2, 0) is 0 Å². The summed E-state index contributed by atoms with van der Waals surface area (Å²) in [6.07, 6.45) is 0. The Balaban J connectivity index is 1.63. The Morgan fingerprint density at radius 1 is 0.972 bits per heavy atom. The minimum Gasteiger partial charge on any atom is -0.355 e. The number of benzene rings is 2. The number of aryl methyl sites for hydroxylation is 3. The lowest BCUT2D eigenvalue weighted by atomic mass is 10.1. The normalized spacial score (nSPS) is 11.5. The number of thioether (sulfide) groups is 1. The van der Waals surface area contributed by atoms with Crippen LogP contribution in [0.3, 0.4) is 0 Å². The molecular formula is C27H25N5O3S. The largest absolute Gasteiger partial charge is 0.355 e. The average Bonchev–Trinajstić information content (AvgIpc) is 3.39. The number of carbonyl (C=O) groups is 2. The number of para-hydroxylation sites is 2. The lowest BCUT2D eigenvalue weighted by Gasteiger charge is -2.15. The number of carbonyl (C=O) groups excluding carboxylic acids is 2. The van der Waals surface area contributed by atoms with Gasteiger partial charge in [0.05, 0.1) is 28.0 Å². The van der Waals surface area contributed by atoms with Gasteiger partial charge >= 0.3 is 0 Å². The van der Waals surface area contributed by atoms with E-state index >= 15 is 0 Å². The van der Waals surface area contributed by atoms with E-state index in [4.69, 9.17) is 0 Å². The Morgan fingerprint density at radius 3 is 2.33 bits per heavy atom. The van der Waals surface area contributed by atoms with Crippen LogP contribution in [0, 0.1) is 27.7 Å². The molecule has 0 bridgehead atoms. The SMILES string of the molecule is CC(=O)c1c(C)[nH]c(C(=O)CSc2nnc3n(-c4c(C)cccc4C)c(=O)c4ccccc4n23)c1C. The second kappa shape index (κ2) is 8.91. The molecule has 0 aliphatic rings. The molecule has 0 amide bonds. The van der Waals surface area contributed by atoms with Gasteiger partial charge in [0.25, 0.3) is 5.56 Å². The van der Waals surface area contributed by atoms with Crippen LogP contribution in [0.4, 0.5) is 0 Å². The second-order valence-electron chi connectivity index (χ2n) is 8.91. The molecule has 0 spiro atoms. The number of nitrogens with one attached hydrogen (secondary N) is 1. The van der Waals surface area contributed by atoms with Gasteiger partial charge in [0, 0.05) is 11.3 Å². The molecule has 0 unspecified atom stereocenters. The minimum atomic E-state index is -0.176. The van der Waals surface area contributed by atoms with Crippen molar-refractivity contribution >= 4 is 40.0 Å². The third-order valence-corrected chi connectivity index (χ3v) is 7.39. The molecule has 0 atom stereocenters. The van der Waals surface area contributed by atoms with E-state index < -0.39 is 0 Å². The molecular weight excluding hydrogens is 474 g/mol. The molecule has 0 radical (unpaired) electrons. The number of fused-ring (bicyclic) bond motifs is 3. The first kappa shape index (κ1) is 23.7. The Hall–Kier alpha value is -3.98. The highest BCUT2D eigenvalue weighted by Gasteiger charge is 2.23. The number of rotatable bonds is 6. The summed E-state index contributed by atoms with van der Waals surface area (Å²) in [5.41, 5.74) is 5.48. The monoisotopic (exact) mass is 499 g/mol. The van der Waals surface area contributed by atoms with Gasteiger partial charge < -0.3 is 4.98 Å². The number of hydrogen-bond acceptors (Lipinski definition) is 6. The van der Waals surface area contributed by atoms with E-state index in [1.807, 2.05) is 54.6 Å². The fraction of sp³-hybridized carbons (Fsp3) is 0.222. The first-order valence-corrected chi connectivity index (χ1v) is 12.5. The number of H-pyrrole nitrogens is 1. The molecule has 3 aromatic heterocycles. The van der Waals surface area contributed by atoms with E-state index in [9.17, 15) is 14.4 Å². The van der Waals surface area contributed by atoms with Gasteiger partial charge in [-0.05, 0) is 63.4 Å². The van der Waals surface area contributed by atoms with Gasteiger partial charge in [0.2, 0.25) is 5.78 Å². The van der Waals surface area contributed by atoms with Crippen molar-refractivity contribution in [3.63, 3.8) is 0 Å². The molecule has 0 aliphatic carbocycles. The van der Waals surface area contributed by atoms with Gasteiger partial charge in [-0.25, -0.2) is 4.57 Å². The van der Waals surface area contributed by atoms with E-state index in [2.05, 4.69) is 15.2 Å². The Bertz CT molecular complexity index is 1740. The summed E-state index contributed by atoms with van der Waals surface area (Å²) < 4.78 is 3.43. The lowest BCUT2D eigenvalue weighted by Crippen LogP contribution is -2.23. The zero-order valence-corrected chi connectivity index (χ0v) is 21.5. The van der Waals surface area contributed by atoms with E-state index in [0.717, 1.165) is 16.8 Å². The molecule has 5 aromatic rings. The number of aromatic nitrogens is 5. The molecule has 0 saturated carbocycles. The highest BCUT2D eigenvalue weighted by Crippen LogP contribution is 2.27. The first-order chi connectivity index (χ1) is 17.2. The van der Waals surface area contributed by atoms with Crippen LogP contribution in [0.1, 0.15) is 50.2 Å². The molecule has 36 heavy (non-hydrogen) atoms. The summed E-state index contributed by atoms with van der Waals surface area (Å²) in [5, 5.41) is 9.79. The molecule has 182 valence electrons. The maximum absolute atomic E-state index is 13.6. The fourth-order valence-corrected chi connectivity index (χ4v) is 5.70. The molecule has 0 saturated heterocycles. The summed E-state index contributed by atoms with van der Waals surface area (Å²) >= 11 is 1.24. The third kappa shape index (κ3) is 3.67. The van der Waals surface area contributed by atoms with Crippen molar-refractivity contribution in [1.82, 2.24) is 24.1 Å². The Kier molecular flexibility index (Phi) is 5.88. The molecule has 2 aromatic carbocycles. The van der Waals surface area contributed by atoms with E-state index in [1.165, 1.54) is 18.7 Å². The Labute approximate surface area is 211 Å². The van der Waals surface area contributed by atoms with Crippen molar-refractivity contribution in [2.45, 2.75) is 39.8 Å². The highest BCUT2D eigenvalue weighted by molar-refractivity contribution is 7.99. The van der Waals surface area contributed by atoms with Crippen LogP contribution in [-0.4, -0.2) is 41.5 Å². The van der Waals surface area contributed by atoms with E-state index in [-0.39, 0.29) is 22.9 Å². The van der Waals surface area contributed by atoms with Crippen molar-refractivity contribution in [3.05, 3.63) is 86.5 Å². The fourth-order valence-electron chi connectivity index (χ4n) is 4.89. The van der Waals surface area contributed by atoms with Crippen LogP contribution >= 0.6 is 11.8 Å². The van der Waals surface area contributed by atoms with Crippen molar-refractivity contribution < 1.29 is 9.59 Å². The third-order valence-electron chi connectivity index (χ3n) is 6.46. The quantitative estimate of drug-likeness (QED) is 0.267. The summed E-state index contributed by atoms with van der Waals surface area (Å²) in [6, 6.07) is 13.2. The average molecular weight is 500 g/mol. The molecule has 0 aliphatic heterocycles. The van der Waals surface area contributed by atoms with Gasteiger partial charge in [0.1, 0.15) is 0 Å². The predicted molar refractivity (Wildman–Crippen MR) is 141 cm³/mol. The van der Waals surface area contributed by atoms with Crippen molar-refractivity contribution in [2.24, 2.45) is 0 Å². The zero-order valence-electron chi connectivity index (χ0n) is 20.7. The van der Waals surface area contributed by atoms with Crippen LogP contribution < -0.4 is 5.56 Å². The van der Waals surface area contributed by atoms with Crippen molar-refractivity contribution in [3.8, 4) is 5.69 Å². The van der Waals surface area contributed by atoms with Crippen molar-refractivity contribution in [1.29, 1.82) is 0 Å². The standard InChI is InChI=1S/C27H25N5O3S/c1-14-9-8-10-15(2)24(14)32-25(35)19-11-6-7-12-20(19)31-26(32)29-30-27(31)36-13-21(34)23-16(3)22(18(5)33)17(4)28-23/h6-12,28H,13H2,1-5H3. The summed E-state index contributed by atoms with van der Waals surface area (Å²) in [7, 11) is 0. The maximum Gasteiger partial charge on any atom is 0.267 e. The maximum atomic E-state index is 13.6. The molecule has 9 heteroatoms. The van der Waals surface area contributed by atoms with Crippen LogP contribution in [0.2, 0.25) is 0 Å². The second-order valence-corrected chi connectivity index (χ2v) is 9.85. The highest BCUT2D eigenvalue weighted by atomic mass is 32.2. The smallest absolute Gasteiger partial charge is 0.267 e. The van der Waals surface area contributed by atoms with E-state index in [0.29, 0.717) is 44.4 Å². The summed E-state index contributed by atoms with van der Waals surface area (Å²) in [6.45, 7) is 8.98. The van der Waals surface area contributed by atoms with Gasteiger partial charge in [-0.15, -0.1) is 10.2 Å². The van der Waals surface area contributed by atoms with Gasteiger partial charge in [-0.2, -0.15) is 0 Å². The molecule has 3 heterocycles. The minimum absolute atomic E-state index is 0.0765. The molecule has 1 N–H and O–H groups in total. The number of aromatic amines is 1. The van der Waals surface area contributed by atoms with E-state index in [1.54, 1.807) is 24.5 Å². The first-order valence-electron chi connectivity index (χ1n) is 11.5. The van der Waals surface area contributed by atoms with Gasteiger partial charge in [-0.3, -0.25) is 18.8 Å². The molecule has 0 fully saturated rings. The molecule has 8 nitrogen and oxygen atoms in total. The number of ketones is 2. The van der Waals surface area contributed by atoms with Crippen LogP contribution in [0.25, 0.3) is 22.4 Å². The molecule has 5 rings (SSSR count). The van der Waals surface area contributed by atoms with Crippen LogP contribution in [0.15, 0.2) is 52.4 Å². The van der Waals surface area contributed by atoms with Gasteiger partial charge in [-0.1, -0.05) is 42.1 Å². The van der Waals surface area contributed by atoms with Crippen molar-refractivity contribution in [2.75, 3.05) is 5.75 Å². The summed E-state index contributed by atoms with van der Waals surface area (Å²) in [4.78, 5) is 41.8. The van der Waals surface area contributed by atoms with Crippen LogP contribution in [0.5, 0.6) is 0 Å². The number of nitrogens with zero attached hydrogens (tertiary/aromatic N) is 4. The predicted octanol–water partition coefficient (Wildman–Crippen LogP) is 4.77. The topological polar surface area (TPSA) is 102 Å². The zero-order chi connectivity index (χ0) is 25.7. The van der Waals surface area contributed by atoms with Gasteiger partial charge in [0.15, 0.2) is 16.7 Å². The number of hydrogen-bond donors (Lipinski definition) is 1. The number of Topliss-reactive ketones (excluding diaryl/α,β-unsaturated/α-hetero) is 2. The lowest BCUT2D eigenvalue weighted by molar-refractivity contribution is 0.101.